The SMILES string of the molecule is COc1ccc(OC)c([C@@H](CCC(F)(F)F)N2CCNCC2)c1.Cl. The van der Waals surface area contributed by atoms with E-state index in [-0.39, 0.29) is 24.9 Å². The second-order valence-corrected chi connectivity index (χ2v) is 5.56. The Hall–Kier alpha value is -1.18. The lowest BCUT2D eigenvalue weighted by atomic mass is 9.98. The molecule has 1 saturated heterocycles. The van der Waals surface area contributed by atoms with Crippen LogP contribution in [0.15, 0.2) is 18.2 Å². The Morgan fingerprint density at radius 1 is 1.17 bits per heavy atom. The van der Waals surface area contributed by atoms with Crippen molar-refractivity contribution in [2.75, 3.05) is 40.4 Å². The van der Waals surface area contributed by atoms with E-state index in [4.69, 9.17) is 9.47 Å². The van der Waals surface area contributed by atoms with Crippen LogP contribution in [-0.2, 0) is 0 Å². The zero-order valence-corrected chi connectivity index (χ0v) is 14.7. The molecule has 138 valence electrons. The van der Waals surface area contributed by atoms with Gasteiger partial charge in [-0.2, -0.15) is 13.2 Å². The van der Waals surface area contributed by atoms with Gasteiger partial charge in [0.25, 0.3) is 0 Å². The van der Waals surface area contributed by atoms with Gasteiger partial charge in [0.1, 0.15) is 11.5 Å². The van der Waals surface area contributed by atoms with Gasteiger partial charge in [-0.25, -0.2) is 0 Å². The summed E-state index contributed by atoms with van der Waals surface area (Å²) in [7, 11) is 3.07. The molecule has 1 atom stereocenters. The fourth-order valence-corrected chi connectivity index (χ4v) is 2.93. The first-order chi connectivity index (χ1) is 10.9. The monoisotopic (exact) mass is 368 g/mol. The van der Waals surface area contributed by atoms with Crippen LogP contribution in [0.1, 0.15) is 24.4 Å². The summed E-state index contributed by atoms with van der Waals surface area (Å²) >= 11 is 0. The largest absolute Gasteiger partial charge is 0.497 e. The molecule has 0 bridgehead atoms. The topological polar surface area (TPSA) is 33.7 Å². The van der Waals surface area contributed by atoms with Crippen molar-refractivity contribution < 1.29 is 22.6 Å². The normalized spacial score (nSPS) is 17.0. The van der Waals surface area contributed by atoms with Crippen LogP contribution in [0.2, 0.25) is 0 Å². The fraction of sp³-hybridized carbons (Fsp3) is 0.625. The minimum absolute atomic E-state index is 0. The molecule has 0 unspecified atom stereocenters. The summed E-state index contributed by atoms with van der Waals surface area (Å²) in [6.45, 7) is 2.97. The van der Waals surface area contributed by atoms with E-state index in [0.717, 1.165) is 18.7 Å². The van der Waals surface area contributed by atoms with Gasteiger partial charge in [-0.1, -0.05) is 0 Å². The van der Waals surface area contributed by atoms with Crippen LogP contribution in [0.5, 0.6) is 11.5 Å². The number of hydrogen-bond acceptors (Lipinski definition) is 4. The molecule has 0 aliphatic carbocycles. The van der Waals surface area contributed by atoms with Gasteiger partial charge < -0.3 is 14.8 Å². The molecule has 0 saturated carbocycles. The van der Waals surface area contributed by atoms with Crippen LogP contribution >= 0.6 is 12.4 Å². The average molecular weight is 369 g/mol. The van der Waals surface area contributed by atoms with Gasteiger partial charge in [0, 0.05) is 44.2 Å². The molecule has 4 nitrogen and oxygen atoms in total. The third-order valence-electron chi connectivity index (χ3n) is 4.09. The van der Waals surface area contributed by atoms with Crippen molar-refractivity contribution in [2.45, 2.75) is 25.1 Å². The molecule has 1 aromatic rings. The summed E-state index contributed by atoms with van der Waals surface area (Å²) in [4.78, 5) is 2.08. The number of rotatable bonds is 6. The predicted molar refractivity (Wildman–Crippen MR) is 89.3 cm³/mol. The maximum Gasteiger partial charge on any atom is 0.389 e. The molecule has 1 N–H and O–H groups in total. The highest BCUT2D eigenvalue weighted by atomic mass is 35.5. The Kier molecular flexibility index (Phi) is 8.12. The Bertz CT molecular complexity index is 509. The lowest BCUT2D eigenvalue weighted by molar-refractivity contribution is -0.138. The van der Waals surface area contributed by atoms with E-state index in [2.05, 4.69) is 10.2 Å². The summed E-state index contributed by atoms with van der Waals surface area (Å²) in [6, 6.07) is 4.93. The van der Waals surface area contributed by atoms with Crippen molar-refractivity contribution in [3.63, 3.8) is 0 Å². The van der Waals surface area contributed by atoms with Crippen LogP contribution in [0.25, 0.3) is 0 Å². The molecule has 8 heteroatoms. The van der Waals surface area contributed by atoms with E-state index in [1.807, 2.05) is 0 Å². The first kappa shape index (κ1) is 20.9. The van der Waals surface area contributed by atoms with Crippen molar-refractivity contribution in [1.29, 1.82) is 0 Å². The number of methoxy groups -OCH3 is 2. The molecule has 2 rings (SSSR count). The average Bonchev–Trinajstić information content (AvgIpc) is 2.55. The summed E-state index contributed by atoms with van der Waals surface area (Å²) < 4.78 is 48.8. The predicted octanol–water partition coefficient (Wildman–Crippen LogP) is 3.41. The Morgan fingerprint density at radius 3 is 2.38 bits per heavy atom. The second-order valence-electron chi connectivity index (χ2n) is 5.56. The first-order valence-electron chi connectivity index (χ1n) is 7.68. The number of halogens is 4. The van der Waals surface area contributed by atoms with Crippen molar-refractivity contribution in [1.82, 2.24) is 10.2 Å². The van der Waals surface area contributed by atoms with Crippen LogP contribution in [0.3, 0.4) is 0 Å². The van der Waals surface area contributed by atoms with Crippen molar-refractivity contribution in [3.05, 3.63) is 23.8 Å². The highest BCUT2D eigenvalue weighted by molar-refractivity contribution is 5.85. The number of benzene rings is 1. The van der Waals surface area contributed by atoms with Crippen molar-refractivity contribution in [2.24, 2.45) is 0 Å². The van der Waals surface area contributed by atoms with Gasteiger partial charge in [-0.3, -0.25) is 4.90 Å². The molecular formula is C16H24ClF3N2O2. The van der Waals surface area contributed by atoms with E-state index in [1.165, 1.54) is 7.11 Å². The number of nitrogens with one attached hydrogen (secondary N) is 1. The van der Waals surface area contributed by atoms with Gasteiger partial charge in [-0.05, 0) is 24.6 Å². The Balaban J connectivity index is 0.00000288. The number of nitrogens with zero attached hydrogens (tertiary/aromatic N) is 1. The summed E-state index contributed by atoms with van der Waals surface area (Å²) in [5.41, 5.74) is 0.748. The van der Waals surface area contributed by atoms with Crippen molar-refractivity contribution in [3.8, 4) is 11.5 Å². The van der Waals surface area contributed by atoms with Crippen LogP contribution < -0.4 is 14.8 Å². The maximum atomic E-state index is 12.7. The van der Waals surface area contributed by atoms with Gasteiger partial charge in [0.2, 0.25) is 0 Å². The van der Waals surface area contributed by atoms with Gasteiger partial charge in [0.15, 0.2) is 0 Å². The number of hydrogen-bond donors (Lipinski definition) is 1. The molecule has 0 amide bonds. The molecule has 1 fully saturated rings. The molecule has 0 spiro atoms. The third kappa shape index (κ3) is 5.72. The van der Waals surface area contributed by atoms with Crippen LogP contribution in [-0.4, -0.2) is 51.5 Å². The quantitative estimate of drug-likeness (QED) is 0.834. The summed E-state index contributed by atoms with van der Waals surface area (Å²) in [5.74, 6) is 1.21. The standard InChI is InChI=1S/C16H23F3N2O2.ClH/c1-22-12-3-4-15(23-2)13(11-12)14(5-6-16(17,18)19)21-9-7-20-8-10-21;/h3-4,11,14,20H,5-10H2,1-2H3;1H/t14-;/m1./s1. The molecule has 1 aliphatic rings. The highest BCUT2D eigenvalue weighted by Crippen LogP contribution is 2.37. The molecule has 24 heavy (non-hydrogen) atoms. The fourth-order valence-electron chi connectivity index (χ4n) is 2.93. The van der Waals surface area contributed by atoms with Gasteiger partial charge >= 0.3 is 6.18 Å². The van der Waals surface area contributed by atoms with Crippen molar-refractivity contribution >= 4 is 12.4 Å². The zero-order valence-electron chi connectivity index (χ0n) is 13.9. The molecule has 1 aromatic carbocycles. The van der Waals surface area contributed by atoms with E-state index >= 15 is 0 Å². The highest BCUT2D eigenvalue weighted by Gasteiger charge is 2.32. The van der Waals surface area contributed by atoms with Gasteiger partial charge in [-0.15, -0.1) is 12.4 Å². The lowest BCUT2D eigenvalue weighted by Crippen LogP contribution is -2.45. The second kappa shape index (κ2) is 9.34. The molecular weight excluding hydrogens is 345 g/mol. The third-order valence-corrected chi connectivity index (χ3v) is 4.09. The molecule has 1 heterocycles. The lowest BCUT2D eigenvalue weighted by Gasteiger charge is -2.36. The smallest absolute Gasteiger partial charge is 0.389 e. The first-order valence-corrected chi connectivity index (χ1v) is 7.68. The number of alkyl halides is 3. The maximum absolute atomic E-state index is 12.7. The van der Waals surface area contributed by atoms with E-state index < -0.39 is 12.6 Å². The summed E-state index contributed by atoms with van der Waals surface area (Å²) in [6.07, 6.45) is -4.98. The van der Waals surface area contributed by atoms with E-state index in [1.54, 1.807) is 25.3 Å². The minimum atomic E-state index is -4.17. The number of ether oxygens (including phenoxy) is 2. The molecule has 1 aliphatic heterocycles. The van der Waals surface area contributed by atoms with Crippen LogP contribution in [0.4, 0.5) is 13.2 Å². The summed E-state index contributed by atoms with van der Waals surface area (Å²) in [5, 5.41) is 3.22. The van der Waals surface area contributed by atoms with E-state index in [0.29, 0.717) is 24.6 Å². The minimum Gasteiger partial charge on any atom is -0.497 e. The van der Waals surface area contributed by atoms with Crippen LogP contribution in [0, 0.1) is 0 Å². The molecule has 0 aromatic heterocycles. The number of piperazine rings is 1. The van der Waals surface area contributed by atoms with Gasteiger partial charge in [0.05, 0.1) is 14.2 Å². The molecule has 0 radical (unpaired) electrons. The zero-order chi connectivity index (χ0) is 16.9. The Morgan fingerprint density at radius 2 is 1.83 bits per heavy atom. The Labute approximate surface area is 146 Å². The van der Waals surface area contributed by atoms with E-state index in [9.17, 15) is 13.2 Å².